The topological polar surface area (TPSA) is 70.1 Å². The van der Waals surface area contributed by atoms with E-state index in [-0.39, 0.29) is 5.57 Å². The highest BCUT2D eigenvalue weighted by molar-refractivity contribution is 6.31. The summed E-state index contributed by atoms with van der Waals surface area (Å²) in [5, 5.41) is 11.2. The van der Waals surface area contributed by atoms with Crippen LogP contribution in [-0.2, 0) is 14.3 Å². The summed E-state index contributed by atoms with van der Waals surface area (Å²) in [5.41, 5.74) is 1.54. The first-order chi connectivity index (χ1) is 16.1. The summed E-state index contributed by atoms with van der Waals surface area (Å²) in [5.74, 6) is -1.46. The van der Waals surface area contributed by atoms with Gasteiger partial charge in [-0.2, -0.15) is 0 Å². The van der Waals surface area contributed by atoms with E-state index in [4.69, 9.17) is 16.3 Å². The van der Waals surface area contributed by atoms with Crippen molar-refractivity contribution in [2.45, 2.75) is 12.5 Å². The number of aliphatic hydroxyl groups excluding tert-OH is 1. The van der Waals surface area contributed by atoms with E-state index in [1.807, 2.05) is 36.4 Å². The zero-order chi connectivity index (χ0) is 23.2. The van der Waals surface area contributed by atoms with Crippen LogP contribution in [0.15, 0.2) is 72.0 Å². The molecule has 1 N–H and O–H groups in total. The van der Waals surface area contributed by atoms with Gasteiger partial charge in [0, 0.05) is 31.2 Å². The van der Waals surface area contributed by atoms with Gasteiger partial charge < -0.3 is 14.7 Å². The summed E-state index contributed by atoms with van der Waals surface area (Å²) >= 11 is 6.47. The van der Waals surface area contributed by atoms with Gasteiger partial charge in [-0.15, -0.1) is 0 Å². The summed E-state index contributed by atoms with van der Waals surface area (Å²) in [6.07, 6.45) is 3.79. The monoisotopic (exact) mass is 466 g/mol. The Hall–Kier alpha value is -2.93. The number of benzene rings is 2. The van der Waals surface area contributed by atoms with Gasteiger partial charge in [0.2, 0.25) is 0 Å². The number of nitrogens with zero attached hydrogens (tertiary/aromatic N) is 2. The molecule has 1 fully saturated rings. The fourth-order valence-electron chi connectivity index (χ4n) is 4.27. The van der Waals surface area contributed by atoms with Gasteiger partial charge in [-0.25, -0.2) is 0 Å². The minimum atomic E-state index is -0.733. The van der Waals surface area contributed by atoms with E-state index >= 15 is 0 Å². The van der Waals surface area contributed by atoms with Crippen molar-refractivity contribution in [3.63, 3.8) is 0 Å². The van der Waals surface area contributed by atoms with Crippen molar-refractivity contribution < 1.29 is 19.4 Å². The molecule has 1 amide bonds. The quantitative estimate of drug-likeness (QED) is 0.594. The van der Waals surface area contributed by atoms with Gasteiger partial charge >= 0.3 is 0 Å². The Kier molecular flexibility index (Phi) is 7.60. The van der Waals surface area contributed by atoms with Crippen LogP contribution in [0, 0.1) is 0 Å². The molecule has 1 atom stereocenters. The third-order valence-corrected chi connectivity index (χ3v) is 6.32. The first-order valence-electron chi connectivity index (χ1n) is 11.1. The first-order valence-corrected chi connectivity index (χ1v) is 11.5. The Bertz CT molecular complexity index is 1060. The number of morpholine rings is 1. The normalized spacial score (nSPS) is 19.6. The molecule has 7 heteroatoms. The third-order valence-electron chi connectivity index (χ3n) is 5.97. The molecular formula is C26H27ClN2O4. The van der Waals surface area contributed by atoms with E-state index in [9.17, 15) is 14.7 Å². The van der Waals surface area contributed by atoms with Crippen LogP contribution in [0.5, 0.6) is 0 Å². The molecule has 33 heavy (non-hydrogen) atoms. The smallest absolute Gasteiger partial charge is 0.290 e. The van der Waals surface area contributed by atoms with Crippen molar-refractivity contribution in [3.8, 4) is 0 Å². The van der Waals surface area contributed by atoms with Crippen LogP contribution >= 0.6 is 11.6 Å². The highest BCUT2D eigenvalue weighted by Gasteiger charge is 2.43. The second-order valence-corrected chi connectivity index (χ2v) is 8.51. The van der Waals surface area contributed by atoms with E-state index in [0.717, 1.165) is 25.2 Å². The maximum Gasteiger partial charge on any atom is 0.290 e. The maximum atomic E-state index is 13.2. The standard InChI is InChI=1S/C26H27ClN2O4/c27-21-10-5-4-9-20(21)24-23(22(30)12-11-19-7-2-1-3-8-19)25(31)26(32)29(24)14-6-13-28-15-17-33-18-16-28/h1-5,7-12,24,31H,6,13-18H2/b12-11+/t24-/m0/s1. The number of rotatable bonds is 8. The van der Waals surface area contributed by atoms with Gasteiger partial charge in [-0.1, -0.05) is 66.2 Å². The molecule has 172 valence electrons. The molecule has 6 nitrogen and oxygen atoms in total. The second kappa shape index (κ2) is 10.8. The minimum absolute atomic E-state index is 0.0617. The number of amides is 1. The molecular weight excluding hydrogens is 440 g/mol. The number of allylic oxidation sites excluding steroid dienone is 1. The molecule has 2 aliphatic heterocycles. The molecule has 0 bridgehead atoms. The largest absolute Gasteiger partial charge is 0.503 e. The summed E-state index contributed by atoms with van der Waals surface area (Å²) < 4.78 is 5.39. The average molecular weight is 467 g/mol. The predicted octanol–water partition coefficient (Wildman–Crippen LogP) is 4.04. The van der Waals surface area contributed by atoms with Gasteiger partial charge in [-0.05, 0) is 29.7 Å². The van der Waals surface area contributed by atoms with Gasteiger partial charge in [0.1, 0.15) is 0 Å². The lowest BCUT2D eigenvalue weighted by Crippen LogP contribution is -2.39. The van der Waals surface area contributed by atoms with Crippen molar-refractivity contribution >= 4 is 29.4 Å². The van der Waals surface area contributed by atoms with Gasteiger partial charge in [0.15, 0.2) is 11.5 Å². The van der Waals surface area contributed by atoms with Crippen molar-refractivity contribution in [1.82, 2.24) is 9.80 Å². The minimum Gasteiger partial charge on any atom is -0.503 e. The van der Waals surface area contributed by atoms with Crippen LogP contribution in [0.3, 0.4) is 0 Å². The molecule has 2 aromatic carbocycles. The molecule has 0 radical (unpaired) electrons. The van der Waals surface area contributed by atoms with E-state index in [2.05, 4.69) is 4.90 Å². The Labute approximate surface area is 198 Å². The SMILES string of the molecule is O=C(/C=C/c1ccccc1)C1=C(O)C(=O)N(CCCN2CCOCC2)[C@H]1c1ccccc1Cl. The Morgan fingerprint density at radius 3 is 2.48 bits per heavy atom. The molecule has 2 aliphatic rings. The van der Waals surface area contributed by atoms with Crippen molar-refractivity contribution in [2.24, 2.45) is 0 Å². The maximum absolute atomic E-state index is 13.2. The van der Waals surface area contributed by atoms with Gasteiger partial charge in [0.25, 0.3) is 5.91 Å². The molecule has 0 unspecified atom stereocenters. The summed E-state index contributed by atoms with van der Waals surface area (Å²) in [4.78, 5) is 30.1. The number of ether oxygens (including phenoxy) is 1. The third kappa shape index (κ3) is 5.36. The predicted molar refractivity (Wildman–Crippen MR) is 128 cm³/mol. The van der Waals surface area contributed by atoms with E-state index in [1.165, 1.54) is 6.08 Å². The zero-order valence-corrected chi connectivity index (χ0v) is 19.1. The Morgan fingerprint density at radius 2 is 1.76 bits per heavy atom. The molecule has 1 saturated heterocycles. The van der Waals surface area contributed by atoms with Crippen LogP contribution in [-0.4, -0.2) is 66.0 Å². The zero-order valence-electron chi connectivity index (χ0n) is 18.3. The summed E-state index contributed by atoms with van der Waals surface area (Å²) in [6, 6.07) is 15.8. The Balaban J connectivity index is 1.58. The van der Waals surface area contributed by atoms with Crippen molar-refractivity contribution in [3.05, 3.63) is 88.2 Å². The number of hydrogen-bond acceptors (Lipinski definition) is 5. The lowest BCUT2D eigenvalue weighted by Gasteiger charge is -2.30. The van der Waals surface area contributed by atoms with Crippen LogP contribution in [0.2, 0.25) is 5.02 Å². The van der Waals surface area contributed by atoms with Crippen LogP contribution in [0.4, 0.5) is 0 Å². The lowest BCUT2D eigenvalue weighted by molar-refractivity contribution is -0.129. The average Bonchev–Trinajstić information content (AvgIpc) is 3.09. The summed E-state index contributed by atoms with van der Waals surface area (Å²) in [6.45, 7) is 4.34. The number of ketones is 1. The van der Waals surface area contributed by atoms with E-state index in [0.29, 0.717) is 36.8 Å². The van der Waals surface area contributed by atoms with Gasteiger partial charge in [-0.3, -0.25) is 14.5 Å². The molecule has 0 saturated carbocycles. The summed E-state index contributed by atoms with van der Waals surface area (Å²) in [7, 11) is 0. The molecule has 2 heterocycles. The molecule has 0 aromatic heterocycles. The van der Waals surface area contributed by atoms with Crippen molar-refractivity contribution in [2.75, 3.05) is 39.4 Å². The fraction of sp³-hybridized carbons (Fsp3) is 0.308. The number of hydrogen-bond donors (Lipinski definition) is 1. The van der Waals surface area contributed by atoms with Gasteiger partial charge in [0.05, 0.1) is 24.8 Å². The van der Waals surface area contributed by atoms with E-state index < -0.39 is 23.5 Å². The number of aliphatic hydroxyl groups is 1. The number of carbonyl (C=O) groups excluding carboxylic acids is 2. The Morgan fingerprint density at radius 1 is 1.06 bits per heavy atom. The molecule has 0 aliphatic carbocycles. The fourth-order valence-corrected chi connectivity index (χ4v) is 4.51. The number of halogens is 1. The van der Waals surface area contributed by atoms with Crippen LogP contribution in [0.1, 0.15) is 23.6 Å². The molecule has 0 spiro atoms. The number of carbonyl (C=O) groups is 2. The first kappa shape index (κ1) is 23.2. The molecule has 2 aromatic rings. The van der Waals surface area contributed by atoms with E-state index in [1.54, 1.807) is 29.2 Å². The molecule has 4 rings (SSSR count). The van der Waals surface area contributed by atoms with Crippen LogP contribution < -0.4 is 0 Å². The van der Waals surface area contributed by atoms with Crippen molar-refractivity contribution in [1.29, 1.82) is 0 Å². The second-order valence-electron chi connectivity index (χ2n) is 8.10. The lowest BCUT2D eigenvalue weighted by atomic mass is 9.95. The highest BCUT2D eigenvalue weighted by atomic mass is 35.5. The highest BCUT2D eigenvalue weighted by Crippen LogP contribution is 2.40. The van der Waals surface area contributed by atoms with Crippen LogP contribution in [0.25, 0.3) is 6.08 Å².